The summed E-state index contributed by atoms with van der Waals surface area (Å²) in [6.45, 7) is 2.60. The van der Waals surface area contributed by atoms with E-state index < -0.39 is 5.97 Å². The molecule has 0 heterocycles. The average Bonchev–Trinajstić information content (AvgIpc) is 3.10. The monoisotopic (exact) mass is 629 g/mol. The van der Waals surface area contributed by atoms with Crippen molar-refractivity contribution in [2.75, 3.05) is 54.1 Å². The maximum Gasteiger partial charge on any atom is 0.347 e. The summed E-state index contributed by atoms with van der Waals surface area (Å²) in [6.07, 6.45) is 1.74. The summed E-state index contributed by atoms with van der Waals surface area (Å²) in [7, 11) is 9.03. The lowest BCUT2D eigenvalue weighted by atomic mass is 10.0. The van der Waals surface area contributed by atoms with E-state index in [1.54, 1.807) is 35.2 Å². The summed E-state index contributed by atoms with van der Waals surface area (Å²) >= 11 is 0. The van der Waals surface area contributed by atoms with Gasteiger partial charge in [-0.05, 0) is 41.8 Å². The minimum absolute atomic E-state index is 0.202. The molecule has 4 aromatic rings. The Morgan fingerprint density at radius 3 is 1.48 bits per heavy atom. The van der Waals surface area contributed by atoms with Gasteiger partial charge in [-0.2, -0.15) is 0 Å². The number of benzene rings is 4. The van der Waals surface area contributed by atoms with Gasteiger partial charge < -0.3 is 38.1 Å². The summed E-state index contributed by atoms with van der Waals surface area (Å²) < 4.78 is 38.0. The fourth-order valence-corrected chi connectivity index (χ4v) is 4.91. The first-order chi connectivity index (χ1) is 22.3. The van der Waals surface area contributed by atoms with E-state index >= 15 is 0 Å². The predicted molar refractivity (Wildman–Crippen MR) is 176 cm³/mol. The van der Waals surface area contributed by atoms with E-state index in [1.807, 2.05) is 36.4 Å². The maximum atomic E-state index is 13.9. The Labute approximate surface area is 269 Å². The third-order valence-electron chi connectivity index (χ3n) is 7.42. The van der Waals surface area contributed by atoms with Crippen LogP contribution in [0.15, 0.2) is 72.8 Å². The normalized spacial score (nSPS) is 10.5. The SMILES string of the molecule is CCCCN(C(=O)c1cc(OC)c(OC)cc1OC)c1ccc(-c2ccc(OC(=O)c3cc(OC)c(OC)cc3OC)cc2)cc1. The van der Waals surface area contributed by atoms with Gasteiger partial charge in [-0.3, -0.25) is 4.79 Å². The quantitative estimate of drug-likeness (QED) is 0.107. The Bertz CT molecular complexity index is 1650. The van der Waals surface area contributed by atoms with Gasteiger partial charge in [-0.25, -0.2) is 4.79 Å². The van der Waals surface area contributed by atoms with Crippen molar-refractivity contribution in [2.24, 2.45) is 0 Å². The second-order valence-electron chi connectivity index (χ2n) is 10.1. The molecule has 0 aromatic heterocycles. The van der Waals surface area contributed by atoms with Crippen LogP contribution in [0, 0.1) is 0 Å². The number of hydrogen-bond acceptors (Lipinski definition) is 9. The van der Waals surface area contributed by atoms with E-state index in [1.165, 1.54) is 48.7 Å². The van der Waals surface area contributed by atoms with E-state index in [0.717, 1.165) is 29.7 Å². The van der Waals surface area contributed by atoms with Crippen LogP contribution in [0.3, 0.4) is 0 Å². The number of methoxy groups -OCH3 is 6. The number of nitrogens with zero attached hydrogens (tertiary/aromatic N) is 1. The topological polar surface area (TPSA) is 102 Å². The number of esters is 1. The molecule has 0 saturated heterocycles. The molecular formula is C36H39NO9. The average molecular weight is 630 g/mol. The number of anilines is 1. The molecule has 0 saturated carbocycles. The molecule has 0 bridgehead atoms. The minimum Gasteiger partial charge on any atom is -0.496 e. The molecule has 242 valence electrons. The number of unbranched alkanes of at least 4 members (excludes halogenated alkanes) is 1. The largest absolute Gasteiger partial charge is 0.496 e. The van der Waals surface area contributed by atoms with Crippen LogP contribution in [0.5, 0.6) is 40.2 Å². The zero-order chi connectivity index (χ0) is 33.2. The fraction of sp³-hybridized carbons (Fsp3) is 0.278. The summed E-state index contributed by atoms with van der Waals surface area (Å²) in [5.74, 6) is 1.98. The van der Waals surface area contributed by atoms with Crippen molar-refractivity contribution in [3.05, 3.63) is 83.9 Å². The summed E-state index contributed by atoms with van der Waals surface area (Å²) in [6, 6.07) is 21.3. The molecule has 0 aliphatic rings. The van der Waals surface area contributed by atoms with E-state index in [4.69, 9.17) is 33.2 Å². The first-order valence-corrected chi connectivity index (χ1v) is 14.7. The first-order valence-electron chi connectivity index (χ1n) is 14.7. The van der Waals surface area contributed by atoms with E-state index in [-0.39, 0.29) is 11.5 Å². The number of carbonyl (C=O) groups is 2. The van der Waals surface area contributed by atoms with Crippen molar-refractivity contribution in [1.29, 1.82) is 0 Å². The zero-order valence-electron chi connectivity index (χ0n) is 27.2. The van der Waals surface area contributed by atoms with Crippen molar-refractivity contribution >= 4 is 17.6 Å². The molecule has 0 aliphatic carbocycles. The number of carbonyl (C=O) groups excluding carboxylic acids is 2. The van der Waals surface area contributed by atoms with E-state index in [0.29, 0.717) is 52.4 Å². The van der Waals surface area contributed by atoms with Crippen LogP contribution < -0.4 is 38.1 Å². The highest BCUT2D eigenvalue weighted by molar-refractivity contribution is 6.08. The van der Waals surface area contributed by atoms with E-state index in [2.05, 4.69) is 6.92 Å². The predicted octanol–water partition coefficient (Wildman–Crippen LogP) is 7.07. The molecule has 4 aromatic carbocycles. The molecule has 4 rings (SSSR count). The second kappa shape index (κ2) is 15.6. The Morgan fingerprint density at radius 2 is 1.00 bits per heavy atom. The number of hydrogen-bond donors (Lipinski definition) is 0. The smallest absolute Gasteiger partial charge is 0.347 e. The lowest BCUT2D eigenvalue weighted by Crippen LogP contribution is -2.32. The van der Waals surface area contributed by atoms with Crippen LogP contribution in [0.1, 0.15) is 40.5 Å². The molecule has 0 fully saturated rings. The van der Waals surface area contributed by atoms with Gasteiger partial charge in [0.1, 0.15) is 22.8 Å². The van der Waals surface area contributed by atoms with Crippen molar-refractivity contribution < 1.29 is 42.7 Å². The highest BCUT2D eigenvalue weighted by atomic mass is 16.5. The van der Waals surface area contributed by atoms with Crippen LogP contribution in [0.2, 0.25) is 0 Å². The van der Waals surface area contributed by atoms with Crippen molar-refractivity contribution in [1.82, 2.24) is 0 Å². The Balaban J connectivity index is 1.55. The van der Waals surface area contributed by atoms with E-state index in [9.17, 15) is 9.59 Å². The van der Waals surface area contributed by atoms with Crippen LogP contribution in [-0.2, 0) is 0 Å². The summed E-state index contributed by atoms with van der Waals surface area (Å²) in [5, 5.41) is 0. The summed E-state index contributed by atoms with van der Waals surface area (Å²) in [4.78, 5) is 28.6. The van der Waals surface area contributed by atoms with Crippen LogP contribution in [-0.4, -0.2) is 61.1 Å². The number of rotatable bonds is 14. The lowest BCUT2D eigenvalue weighted by Gasteiger charge is -2.24. The summed E-state index contributed by atoms with van der Waals surface area (Å²) in [5.41, 5.74) is 3.15. The Morgan fingerprint density at radius 1 is 0.565 bits per heavy atom. The third-order valence-corrected chi connectivity index (χ3v) is 7.42. The van der Waals surface area contributed by atoms with Gasteiger partial charge in [-0.15, -0.1) is 0 Å². The maximum absolute atomic E-state index is 13.9. The van der Waals surface area contributed by atoms with Gasteiger partial charge in [0, 0.05) is 36.5 Å². The molecule has 46 heavy (non-hydrogen) atoms. The number of ether oxygens (including phenoxy) is 7. The third kappa shape index (κ3) is 7.28. The van der Waals surface area contributed by atoms with Crippen molar-refractivity contribution in [3.8, 4) is 51.4 Å². The van der Waals surface area contributed by atoms with Crippen molar-refractivity contribution in [3.63, 3.8) is 0 Å². The highest BCUT2D eigenvalue weighted by Gasteiger charge is 2.24. The molecule has 0 radical (unpaired) electrons. The second-order valence-corrected chi connectivity index (χ2v) is 10.1. The molecule has 0 unspecified atom stereocenters. The van der Waals surface area contributed by atoms with Crippen LogP contribution in [0.25, 0.3) is 11.1 Å². The molecule has 0 spiro atoms. The fourth-order valence-electron chi connectivity index (χ4n) is 4.91. The standard InChI is InChI=1S/C36H39NO9/c1-8-9-18-37(35(38)27-19-31(42-4)33(44-6)21-29(27)40-2)25-14-10-23(11-15-25)24-12-16-26(17-13-24)46-36(39)28-20-32(43-5)34(45-7)22-30(28)41-3/h10-17,19-22H,8-9,18H2,1-7H3. The van der Waals surface area contributed by atoms with Crippen LogP contribution in [0.4, 0.5) is 5.69 Å². The molecule has 0 aliphatic heterocycles. The van der Waals surface area contributed by atoms with Gasteiger partial charge in [0.25, 0.3) is 5.91 Å². The van der Waals surface area contributed by atoms with Gasteiger partial charge in [-0.1, -0.05) is 37.6 Å². The molecular weight excluding hydrogens is 590 g/mol. The first kappa shape index (κ1) is 33.5. The van der Waals surface area contributed by atoms with Crippen LogP contribution >= 0.6 is 0 Å². The Hall–Kier alpha value is -5.38. The Kier molecular flexibility index (Phi) is 11.3. The molecule has 10 heteroatoms. The van der Waals surface area contributed by atoms with Crippen molar-refractivity contribution in [2.45, 2.75) is 19.8 Å². The van der Waals surface area contributed by atoms with Gasteiger partial charge >= 0.3 is 5.97 Å². The molecule has 0 N–H and O–H groups in total. The van der Waals surface area contributed by atoms with Gasteiger partial charge in [0.2, 0.25) is 0 Å². The molecule has 10 nitrogen and oxygen atoms in total. The van der Waals surface area contributed by atoms with Gasteiger partial charge in [0.15, 0.2) is 23.0 Å². The van der Waals surface area contributed by atoms with Gasteiger partial charge in [0.05, 0.1) is 48.2 Å². The minimum atomic E-state index is -0.599. The highest BCUT2D eigenvalue weighted by Crippen LogP contribution is 2.37. The number of amides is 1. The lowest BCUT2D eigenvalue weighted by molar-refractivity contribution is 0.0730. The molecule has 1 amide bonds. The molecule has 0 atom stereocenters. The zero-order valence-corrected chi connectivity index (χ0v) is 27.2.